The van der Waals surface area contributed by atoms with Crippen LogP contribution in [0.2, 0.25) is 0 Å². The largest absolute Gasteiger partial charge is 0.364 e. The summed E-state index contributed by atoms with van der Waals surface area (Å²) in [5, 5.41) is 18.4. The van der Waals surface area contributed by atoms with Crippen LogP contribution in [0.1, 0.15) is 22.2 Å². The Kier molecular flexibility index (Phi) is 4.73. The highest BCUT2D eigenvalue weighted by molar-refractivity contribution is 5.85. The third-order valence-electron chi connectivity index (χ3n) is 4.81. The molecule has 0 aliphatic rings. The predicted molar refractivity (Wildman–Crippen MR) is 107 cm³/mol. The van der Waals surface area contributed by atoms with E-state index in [1.807, 2.05) is 61.6 Å². The molecule has 1 aromatic heterocycles. The average molecular weight is 373 g/mol. The molecule has 1 unspecified atom stereocenters. The van der Waals surface area contributed by atoms with Crippen molar-refractivity contribution in [3.05, 3.63) is 71.8 Å². The lowest BCUT2D eigenvalue weighted by molar-refractivity contribution is -0.0759. The summed E-state index contributed by atoms with van der Waals surface area (Å²) in [6.07, 6.45) is -0.234. The molecule has 6 nitrogen and oxygen atoms in total. The molecule has 0 aliphatic carbocycles. The lowest BCUT2D eigenvalue weighted by atomic mass is 9.97. The fourth-order valence-corrected chi connectivity index (χ4v) is 3.29. The van der Waals surface area contributed by atoms with Gasteiger partial charge in [0.05, 0.1) is 5.52 Å². The normalized spacial score (nSPS) is 12.2. The molecule has 0 aliphatic heterocycles. The molecule has 1 heterocycles. The van der Waals surface area contributed by atoms with Crippen molar-refractivity contribution in [3.63, 3.8) is 0 Å². The maximum atomic E-state index is 11.0. The maximum Gasteiger partial charge on any atom is 0.183 e. The number of benzene rings is 3. The van der Waals surface area contributed by atoms with Gasteiger partial charge in [-0.1, -0.05) is 47.7 Å². The van der Waals surface area contributed by atoms with Crippen LogP contribution in [0.25, 0.3) is 33.3 Å². The number of hydrogen-bond acceptors (Lipinski definition) is 5. The third kappa shape index (κ3) is 3.19. The van der Waals surface area contributed by atoms with Gasteiger partial charge in [-0.3, -0.25) is 4.79 Å². The molecule has 28 heavy (non-hydrogen) atoms. The molecule has 0 bridgehead atoms. The average Bonchev–Trinajstić information content (AvgIpc) is 3.13. The molecule has 3 aromatic carbocycles. The summed E-state index contributed by atoms with van der Waals surface area (Å²) in [4.78, 5) is 11.0. The molecule has 1 N–H and O–H groups in total. The van der Waals surface area contributed by atoms with Crippen molar-refractivity contribution >= 4 is 17.3 Å². The number of aromatic nitrogens is 3. The zero-order valence-electron chi connectivity index (χ0n) is 15.5. The van der Waals surface area contributed by atoms with Crippen LogP contribution >= 0.6 is 0 Å². The molecule has 4 aromatic rings. The number of hydrogen-bond donors (Lipinski definition) is 1. The number of carbonyl (C=O) groups is 1. The second-order valence-electron chi connectivity index (χ2n) is 6.55. The zero-order chi connectivity index (χ0) is 19.7. The molecule has 0 fully saturated rings. The van der Waals surface area contributed by atoms with Gasteiger partial charge in [0.1, 0.15) is 11.8 Å². The fraction of sp³-hybridized carbons (Fsp3) is 0.136. The quantitative estimate of drug-likeness (QED) is 0.426. The van der Waals surface area contributed by atoms with Crippen molar-refractivity contribution in [2.24, 2.45) is 7.05 Å². The molecule has 0 saturated carbocycles. The van der Waals surface area contributed by atoms with Crippen LogP contribution in [0.5, 0.6) is 0 Å². The van der Waals surface area contributed by atoms with Crippen LogP contribution in [0.4, 0.5) is 0 Å². The van der Waals surface area contributed by atoms with E-state index in [2.05, 4.69) is 10.3 Å². The number of fused-ring (bicyclic) bond motifs is 1. The lowest BCUT2D eigenvalue weighted by Crippen LogP contribution is -2.01. The number of nitrogens with zero attached hydrogens (tertiary/aromatic N) is 3. The van der Waals surface area contributed by atoms with Gasteiger partial charge in [0.15, 0.2) is 6.29 Å². The molecule has 1 atom stereocenters. The van der Waals surface area contributed by atoms with Gasteiger partial charge in [0.2, 0.25) is 0 Å². The summed E-state index contributed by atoms with van der Waals surface area (Å²) in [5.74, 6) is 0. The second-order valence-corrected chi connectivity index (χ2v) is 6.55. The van der Waals surface area contributed by atoms with Gasteiger partial charge in [0, 0.05) is 25.3 Å². The number of rotatable bonds is 5. The van der Waals surface area contributed by atoms with Crippen LogP contribution in [0.15, 0.2) is 60.7 Å². The Morgan fingerprint density at radius 1 is 1.00 bits per heavy atom. The van der Waals surface area contributed by atoms with Crippen LogP contribution < -0.4 is 0 Å². The molecule has 0 saturated heterocycles. The van der Waals surface area contributed by atoms with Gasteiger partial charge in [-0.15, -0.1) is 5.10 Å². The second kappa shape index (κ2) is 7.34. The molecule has 0 spiro atoms. The summed E-state index contributed by atoms with van der Waals surface area (Å²) in [5.41, 5.74) is 6.57. The van der Waals surface area contributed by atoms with Crippen molar-refractivity contribution in [1.29, 1.82) is 0 Å². The highest BCUT2D eigenvalue weighted by atomic mass is 16.6. The number of aliphatic hydroxyl groups excluding tert-OH is 1. The Bertz CT molecular complexity index is 1150. The summed E-state index contributed by atoms with van der Waals surface area (Å²) in [6, 6.07) is 19.4. The maximum absolute atomic E-state index is 11.0. The van der Waals surface area contributed by atoms with E-state index in [1.165, 1.54) is 7.11 Å². The van der Waals surface area contributed by atoms with Crippen LogP contribution in [0.3, 0.4) is 0 Å². The minimum atomic E-state index is -1.08. The number of methoxy groups -OCH3 is 1. The molecule has 0 radical (unpaired) electrons. The van der Waals surface area contributed by atoms with Gasteiger partial charge in [-0.2, -0.15) is 0 Å². The standard InChI is InChI=1S/C22H19N3O3/c1-25-20-12-18(11-19(22(27)28-2)21(20)23-24-25)16-8-6-15(7-9-16)17-5-3-4-14(10-17)13-26/h3-13,22,27H,1-2H3. The van der Waals surface area contributed by atoms with Crippen LogP contribution in [-0.2, 0) is 11.8 Å². The topological polar surface area (TPSA) is 77.2 Å². The van der Waals surface area contributed by atoms with E-state index in [-0.39, 0.29) is 0 Å². The monoisotopic (exact) mass is 373 g/mol. The SMILES string of the molecule is COC(O)c1cc(-c2ccc(-c3cccc(C=O)c3)cc2)cc2c1nnn2C. The number of carbonyl (C=O) groups excluding carboxylic acids is 1. The van der Waals surface area contributed by atoms with E-state index in [9.17, 15) is 9.90 Å². The first-order chi connectivity index (χ1) is 13.6. The number of aryl methyl sites for hydroxylation is 1. The first kappa shape index (κ1) is 18.0. The number of aliphatic hydroxyl groups is 1. The predicted octanol–water partition coefficient (Wildman–Crippen LogP) is 3.75. The van der Waals surface area contributed by atoms with E-state index in [1.54, 1.807) is 10.7 Å². The minimum Gasteiger partial charge on any atom is -0.364 e. The third-order valence-corrected chi connectivity index (χ3v) is 4.81. The first-order valence-electron chi connectivity index (χ1n) is 8.81. The van der Waals surface area contributed by atoms with Crippen molar-refractivity contribution < 1.29 is 14.6 Å². The van der Waals surface area contributed by atoms with Gasteiger partial charge in [-0.05, 0) is 40.5 Å². The molecular formula is C22H19N3O3. The van der Waals surface area contributed by atoms with Crippen molar-refractivity contribution in [3.8, 4) is 22.3 Å². The van der Waals surface area contributed by atoms with Crippen LogP contribution in [-0.4, -0.2) is 33.5 Å². The van der Waals surface area contributed by atoms with E-state index in [0.717, 1.165) is 34.1 Å². The summed E-state index contributed by atoms with van der Waals surface area (Å²) in [6.45, 7) is 0. The molecule has 0 amide bonds. The van der Waals surface area contributed by atoms with Crippen molar-refractivity contribution in [2.45, 2.75) is 6.29 Å². The Balaban J connectivity index is 1.77. The fourth-order valence-electron chi connectivity index (χ4n) is 3.29. The molecule has 6 heteroatoms. The number of aldehydes is 1. The summed E-state index contributed by atoms with van der Waals surface area (Å²) in [7, 11) is 3.26. The lowest BCUT2D eigenvalue weighted by Gasteiger charge is -2.12. The molecule has 4 rings (SSSR count). The van der Waals surface area contributed by atoms with Gasteiger partial charge in [0.25, 0.3) is 0 Å². The Hall–Kier alpha value is -3.35. The Labute approximate surface area is 162 Å². The van der Waals surface area contributed by atoms with E-state index in [0.29, 0.717) is 16.6 Å². The van der Waals surface area contributed by atoms with Crippen molar-refractivity contribution in [2.75, 3.05) is 7.11 Å². The summed E-state index contributed by atoms with van der Waals surface area (Å²) >= 11 is 0. The molecule has 140 valence electrons. The smallest absolute Gasteiger partial charge is 0.183 e. The highest BCUT2D eigenvalue weighted by Crippen LogP contribution is 2.31. The summed E-state index contributed by atoms with van der Waals surface area (Å²) < 4.78 is 6.76. The van der Waals surface area contributed by atoms with E-state index in [4.69, 9.17) is 4.74 Å². The Morgan fingerprint density at radius 2 is 1.71 bits per heavy atom. The van der Waals surface area contributed by atoms with Crippen LogP contribution in [0, 0.1) is 0 Å². The first-order valence-corrected chi connectivity index (χ1v) is 8.81. The minimum absolute atomic E-state index is 0.575. The van der Waals surface area contributed by atoms with E-state index < -0.39 is 6.29 Å². The van der Waals surface area contributed by atoms with Gasteiger partial charge >= 0.3 is 0 Å². The van der Waals surface area contributed by atoms with E-state index >= 15 is 0 Å². The zero-order valence-corrected chi connectivity index (χ0v) is 15.5. The van der Waals surface area contributed by atoms with Gasteiger partial charge < -0.3 is 9.84 Å². The number of ether oxygens (including phenoxy) is 1. The molecular weight excluding hydrogens is 354 g/mol. The van der Waals surface area contributed by atoms with Gasteiger partial charge in [-0.25, -0.2) is 4.68 Å². The highest BCUT2D eigenvalue weighted by Gasteiger charge is 2.17. The van der Waals surface area contributed by atoms with Crippen molar-refractivity contribution in [1.82, 2.24) is 15.0 Å². The Morgan fingerprint density at radius 3 is 2.39 bits per heavy atom.